The van der Waals surface area contributed by atoms with Crippen molar-refractivity contribution in [1.29, 1.82) is 0 Å². The van der Waals surface area contributed by atoms with E-state index in [1.54, 1.807) is 11.1 Å². The van der Waals surface area contributed by atoms with E-state index in [0.29, 0.717) is 6.54 Å². The van der Waals surface area contributed by atoms with Crippen molar-refractivity contribution in [3.63, 3.8) is 0 Å². The molecular formula is C24H23N3O. The van der Waals surface area contributed by atoms with Crippen LogP contribution < -0.4 is 0 Å². The molecule has 1 amide bonds. The quantitative estimate of drug-likeness (QED) is 0.505. The van der Waals surface area contributed by atoms with Crippen LogP contribution in [0, 0.1) is 0 Å². The number of para-hydroxylation sites is 1. The summed E-state index contributed by atoms with van der Waals surface area (Å²) in [5.74, 6) is 0.0407. The number of fused-ring (bicyclic) bond motifs is 1. The lowest BCUT2D eigenvalue weighted by Gasteiger charge is -2.16. The smallest absolute Gasteiger partial charge is 0.255 e. The van der Waals surface area contributed by atoms with Crippen LogP contribution in [0.15, 0.2) is 85.2 Å². The van der Waals surface area contributed by atoms with Crippen molar-refractivity contribution < 1.29 is 4.79 Å². The molecule has 4 aromatic rings. The fraction of sp³-hybridized carbons (Fsp3) is 0.167. The Kier molecular flexibility index (Phi) is 5.20. The van der Waals surface area contributed by atoms with Gasteiger partial charge in [0.25, 0.3) is 5.91 Å². The van der Waals surface area contributed by atoms with Crippen LogP contribution in [0.3, 0.4) is 0 Å². The SMILES string of the molecule is CN(CCc1ccccn1)C(=O)c1cn(Cc2ccccc2)c2ccccc12. The minimum Gasteiger partial charge on any atom is -0.342 e. The number of carbonyl (C=O) groups excluding carboxylic acids is 1. The van der Waals surface area contributed by atoms with Gasteiger partial charge in [0.05, 0.1) is 5.56 Å². The van der Waals surface area contributed by atoms with Crippen LogP contribution in [-0.4, -0.2) is 34.0 Å². The first-order valence-electron chi connectivity index (χ1n) is 9.49. The molecule has 2 aromatic heterocycles. The summed E-state index contributed by atoms with van der Waals surface area (Å²) in [7, 11) is 1.86. The predicted molar refractivity (Wildman–Crippen MR) is 112 cm³/mol. The molecule has 0 aliphatic carbocycles. The monoisotopic (exact) mass is 369 g/mol. The lowest BCUT2D eigenvalue weighted by Crippen LogP contribution is -2.28. The molecule has 4 nitrogen and oxygen atoms in total. The van der Waals surface area contributed by atoms with E-state index in [9.17, 15) is 4.79 Å². The highest BCUT2D eigenvalue weighted by Crippen LogP contribution is 2.23. The molecule has 0 bridgehead atoms. The Bertz CT molecular complexity index is 1070. The minimum absolute atomic E-state index is 0.0407. The topological polar surface area (TPSA) is 38.1 Å². The summed E-state index contributed by atoms with van der Waals surface area (Å²) in [4.78, 5) is 19.3. The van der Waals surface area contributed by atoms with E-state index in [2.05, 4.69) is 27.8 Å². The van der Waals surface area contributed by atoms with Gasteiger partial charge in [0.15, 0.2) is 0 Å². The van der Waals surface area contributed by atoms with E-state index in [-0.39, 0.29) is 5.91 Å². The van der Waals surface area contributed by atoms with Crippen molar-refractivity contribution in [1.82, 2.24) is 14.5 Å². The zero-order valence-electron chi connectivity index (χ0n) is 16.0. The van der Waals surface area contributed by atoms with Crippen LogP contribution in [0.5, 0.6) is 0 Å². The van der Waals surface area contributed by atoms with Gasteiger partial charge >= 0.3 is 0 Å². The van der Waals surface area contributed by atoms with Crippen molar-refractivity contribution in [3.8, 4) is 0 Å². The predicted octanol–water partition coefficient (Wildman–Crippen LogP) is 4.40. The fourth-order valence-corrected chi connectivity index (χ4v) is 3.46. The van der Waals surface area contributed by atoms with Crippen LogP contribution >= 0.6 is 0 Å². The van der Waals surface area contributed by atoms with E-state index in [0.717, 1.165) is 35.1 Å². The Morgan fingerprint density at radius 3 is 2.50 bits per heavy atom. The Labute approximate surface area is 165 Å². The zero-order valence-corrected chi connectivity index (χ0v) is 16.0. The molecule has 0 unspecified atom stereocenters. The maximum absolute atomic E-state index is 13.1. The summed E-state index contributed by atoms with van der Waals surface area (Å²) in [5, 5.41) is 0.994. The molecule has 0 radical (unpaired) electrons. The molecule has 2 heterocycles. The van der Waals surface area contributed by atoms with E-state index in [1.807, 2.05) is 67.8 Å². The second kappa shape index (κ2) is 8.09. The fourth-order valence-electron chi connectivity index (χ4n) is 3.46. The highest BCUT2D eigenvalue weighted by molar-refractivity contribution is 6.06. The van der Waals surface area contributed by atoms with Gasteiger partial charge in [0.2, 0.25) is 0 Å². The van der Waals surface area contributed by atoms with Crippen molar-refractivity contribution >= 4 is 16.8 Å². The number of hydrogen-bond donors (Lipinski definition) is 0. The summed E-state index contributed by atoms with van der Waals surface area (Å²) >= 11 is 0. The van der Waals surface area contributed by atoms with Gasteiger partial charge in [0.1, 0.15) is 0 Å². The van der Waals surface area contributed by atoms with Crippen molar-refractivity contribution in [2.75, 3.05) is 13.6 Å². The van der Waals surface area contributed by atoms with Gasteiger partial charge in [-0.25, -0.2) is 0 Å². The van der Waals surface area contributed by atoms with E-state index in [1.165, 1.54) is 5.56 Å². The van der Waals surface area contributed by atoms with Crippen LogP contribution in [0.1, 0.15) is 21.6 Å². The van der Waals surface area contributed by atoms with Gasteiger partial charge in [-0.05, 0) is 23.8 Å². The summed E-state index contributed by atoms with van der Waals surface area (Å²) < 4.78 is 2.16. The van der Waals surface area contributed by atoms with Gasteiger partial charge in [0, 0.05) is 55.5 Å². The number of amides is 1. The Balaban J connectivity index is 1.58. The number of carbonyl (C=O) groups is 1. The average Bonchev–Trinajstić information content (AvgIpc) is 3.11. The first-order chi connectivity index (χ1) is 13.7. The van der Waals surface area contributed by atoms with Gasteiger partial charge in [-0.15, -0.1) is 0 Å². The zero-order chi connectivity index (χ0) is 19.3. The van der Waals surface area contributed by atoms with Crippen LogP contribution in [-0.2, 0) is 13.0 Å². The van der Waals surface area contributed by atoms with Crippen molar-refractivity contribution in [3.05, 3.63) is 102 Å². The lowest BCUT2D eigenvalue weighted by atomic mass is 10.1. The Morgan fingerprint density at radius 2 is 1.71 bits per heavy atom. The standard InChI is InChI=1S/C24H23N3O/c1-26(16-14-20-11-7-8-15-25-20)24(28)22-18-27(17-19-9-3-2-4-10-19)23-13-6-5-12-21(22)23/h2-13,15,18H,14,16-17H2,1H3. The summed E-state index contributed by atoms with van der Waals surface area (Å²) in [6, 6.07) is 24.3. The molecular weight excluding hydrogens is 346 g/mol. The summed E-state index contributed by atoms with van der Waals surface area (Å²) in [6.07, 6.45) is 4.51. The molecule has 2 aromatic carbocycles. The molecule has 0 atom stereocenters. The summed E-state index contributed by atoms with van der Waals surface area (Å²) in [5.41, 5.74) is 4.03. The highest BCUT2D eigenvalue weighted by Gasteiger charge is 2.18. The van der Waals surface area contributed by atoms with Gasteiger partial charge < -0.3 is 9.47 Å². The lowest BCUT2D eigenvalue weighted by molar-refractivity contribution is 0.0798. The number of pyridine rings is 1. The van der Waals surface area contributed by atoms with E-state index >= 15 is 0 Å². The molecule has 0 saturated heterocycles. The third-order valence-electron chi connectivity index (χ3n) is 4.99. The first-order valence-corrected chi connectivity index (χ1v) is 9.49. The number of rotatable bonds is 6. The second-order valence-electron chi connectivity index (χ2n) is 6.97. The van der Waals surface area contributed by atoms with Gasteiger partial charge in [-0.3, -0.25) is 9.78 Å². The van der Waals surface area contributed by atoms with Gasteiger partial charge in [-0.1, -0.05) is 54.6 Å². The number of benzene rings is 2. The van der Waals surface area contributed by atoms with E-state index in [4.69, 9.17) is 0 Å². The molecule has 0 aliphatic rings. The molecule has 0 spiro atoms. The molecule has 0 saturated carbocycles. The molecule has 140 valence electrons. The molecule has 0 fully saturated rings. The van der Waals surface area contributed by atoms with Crippen molar-refractivity contribution in [2.45, 2.75) is 13.0 Å². The summed E-state index contributed by atoms with van der Waals surface area (Å²) in [6.45, 7) is 1.38. The maximum Gasteiger partial charge on any atom is 0.255 e. The molecule has 0 N–H and O–H groups in total. The Hall–Kier alpha value is -3.40. The van der Waals surface area contributed by atoms with Crippen molar-refractivity contribution in [2.24, 2.45) is 0 Å². The molecule has 0 aliphatic heterocycles. The molecule has 4 heteroatoms. The number of hydrogen-bond acceptors (Lipinski definition) is 2. The van der Waals surface area contributed by atoms with Crippen LogP contribution in [0.25, 0.3) is 10.9 Å². The third kappa shape index (κ3) is 3.81. The van der Waals surface area contributed by atoms with Crippen LogP contribution in [0.4, 0.5) is 0 Å². The highest BCUT2D eigenvalue weighted by atomic mass is 16.2. The molecule has 4 rings (SSSR count). The third-order valence-corrected chi connectivity index (χ3v) is 4.99. The number of nitrogens with zero attached hydrogens (tertiary/aromatic N) is 3. The maximum atomic E-state index is 13.1. The Morgan fingerprint density at radius 1 is 0.964 bits per heavy atom. The minimum atomic E-state index is 0.0407. The first kappa shape index (κ1) is 18.0. The number of likely N-dealkylation sites (N-methyl/N-ethyl adjacent to an activating group) is 1. The van der Waals surface area contributed by atoms with Crippen LogP contribution in [0.2, 0.25) is 0 Å². The van der Waals surface area contributed by atoms with E-state index < -0.39 is 0 Å². The molecule has 28 heavy (non-hydrogen) atoms. The number of aromatic nitrogens is 2. The normalized spacial score (nSPS) is 10.9. The second-order valence-corrected chi connectivity index (χ2v) is 6.97. The van der Waals surface area contributed by atoms with Gasteiger partial charge in [-0.2, -0.15) is 0 Å². The largest absolute Gasteiger partial charge is 0.342 e. The average molecular weight is 369 g/mol.